The topological polar surface area (TPSA) is 70.5 Å². The second-order valence-corrected chi connectivity index (χ2v) is 6.19. The zero-order valence-corrected chi connectivity index (χ0v) is 16.2. The van der Waals surface area contributed by atoms with E-state index in [4.69, 9.17) is 25.8 Å². The van der Waals surface area contributed by atoms with E-state index in [0.717, 1.165) is 5.56 Å². The second kappa shape index (κ2) is 9.50. The summed E-state index contributed by atoms with van der Waals surface area (Å²) < 4.78 is 16.1. The average molecular weight is 379 g/mol. The fraction of sp³-hybridized carbons (Fsp3) is 0.421. The molecule has 2 rings (SSSR count). The normalized spacial score (nSPS) is 11.9. The highest BCUT2D eigenvalue weighted by Crippen LogP contribution is 2.26. The molecule has 0 aliphatic rings. The Morgan fingerprint density at radius 2 is 1.92 bits per heavy atom. The third-order valence-corrected chi connectivity index (χ3v) is 3.93. The van der Waals surface area contributed by atoms with Gasteiger partial charge in [-0.3, -0.25) is 0 Å². The molecule has 0 radical (unpaired) electrons. The number of methoxy groups -OCH3 is 1. The van der Waals surface area contributed by atoms with Gasteiger partial charge < -0.3 is 14.2 Å². The van der Waals surface area contributed by atoms with Crippen LogP contribution in [0.15, 0.2) is 24.3 Å². The minimum absolute atomic E-state index is 0.185. The van der Waals surface area contributed by atoms with Gasteiger partial charge in [0, 0.05) is 30.7 Å². The number of esters is 1. The summed E-state index contributed by atoms with van der Waals surface area (Å²) in [6.07, 6.45) is 0.480. The Labute approximate surface area is 158 Å². The van der Waals surface area contributed by atoms with Crippen molar-refractivity contribution in [3.63, 3.8) is 0 Å². The summed E-state index contributed by atoms with van der Waals surface area (Å²) in [6, 6.07) is 7.16. The molecule has 140 valence electrons. The molecule has 0 aliphatic heterocycles. The molecule has 0 aliphatic carbocycles. The SMILES string of the molecule is CCOC(=O)c1c(C)nc(-c2ccc(Cl)cc2)nc1OC(C)CCOC. The highest BCUT2D eigenvalue weighted by atomic mass is 35.5. The lowest BCUT2D eigenvalue weighted by molar-refractivity contribution is 0.0514. The Bertz CT molecular complexity index is 750. The first-order valence-electron chi connectivity index (χ1n) is 8.43. The predicted molar refractivity (Wildman–Crippen MR) is 99.8 cm³/mol. The molecule has 2 aromatic rings. The molecule has 7 heteroatoms. The summed E-state index contributed by atoms with van der Waals surface area (Å²) in [5, 5.41) is 0.623. The van der Waals surface area contributed by atoms with Crippen LogP contribution in [-0.2, 0) is 9.47 Å². The van der Waals surface area contributed by atoms with E-state index in [1.54, 1.807) is 33.1 Å². The maximum atomic E-state index is 12.3. The van der Waals surface area contributed by atoms with Gasteiger partial charge >= 0.3 is 5.97 Å². The first-order chi connectivity index (χ1) is 12.5. The average Bonchev–Trinajstić information content (AvgIpc) is 2.60. The lowest BCUT2D eigenvalue weighted by Crippen LogP contribution is -2.19. The molecule has 1 aromatic heterocycles. The maximum absolute atomic E-state index is 12.3. The van der Waals surface area contributed by atoms with Gasteiger partial charge in [0.25, 0.3) is 0 Å². The molecule has 0 amide bonds. The quantitative estimate of drug-likeness (QED) is 0.644. The number of aryl methyl sites for hydroxylation is 1. The minimum atomic E-state index is -0.499. The Morgan fingerprint density at radius 1 is 1.23 bits per heavy atom. The second-order valence-electron chi connectivity index (χ2n) is 5.75. The summed E-state index contributed by atoms with van der Waals surface area (Å²) in [6.45, 7) is 6.19. The van der Waals surface area contributed by atoms with Crippen LogP contribution in [0.25, 0.3) is 11.4 Å². The van der Waals surface area contributed by atoms with Crippen molar-refractivity contribution in [2.75, 3.05) is 20.3 Å². The van der Waals surface area contributed by atoms with Gasteiger partial charge in [-0.25, -0.2) is 9.78 Å². The third kappa shape index (κ3) is 5.16. The van der Waals surface area contributed by atoms with Crippen LogP contribution in [-0.4, -0.2) is 42.4 Å². The molecule has 0 saturated heterocycles. The number of hydrogen-bond acceptors (Lipinski definition) is 6. The summed E-state index contributed by atoms with van der Waals surface area (Å²) in [5.41, 5.74) is 1.52. The van der Waals surface area contributed by atoms with Crippen molar-refractivity contribution < 1.29 is 19.0 Å². The Morgan fingerprint density at radius 3 is 2.54 bits per heavy atom. The molecule has 1 unspecified atom stereocenters. The molecule has 6 nitrogen and oxygen atoms in total. The fourth-order valence-electron chi connectivity index (χ4n) is 2.33. The van der Waals surface area contributed by atoms with Gasteiger partial charge in [0.1, 0.15) is 5.56 Å². The molecular weight excluding hydrogens is 356 g/mol. The molecule has 0 saturated carbocycles. The van der Waals surface area contributed by atoms with E-state index in [-0.39, 0.29) is 24.2 Å². The van der Waals surface area contributed by atoms with E-state index in [9.17, 15) is 4.79 Å². The first kappa shape index (κ1) is 20.1. The number of benzene rings is 1. The molecule has 0 spiro atoms. The highest BCUT2D eigenvalue weighted by Gasteiger charge is 2.23. The van der Waals surface area contributed by atoms with Crippen LogP contribution in [0.3, 0.4) is 0 Å². The number of nitrogens with zero attached hydrogens (tertiary/aromatic N) is 2. The van der Waals surface area contributed by atoms with Gasteiger partial charge in [-0.15, -0.1) is 0 Å². The number of ether oxygens (including phenoxy) is 3. The Balaban J connectivity index is 2.44. The van der Waals surface area contributed by atoms with Crippen molar-refractivity contribution in [1.29, 1.82) is 0 Å². The van der Waals surface area contributed by atoms with E-state index < -0.39 is 5.97 Å². The molecule has 26 heavy (non-hydrogen) atoms. The van der Waals surface area contributed by atoms with Crippen molar-refractivity contribution in [2.45, 2.75) is 33.3 Å². The van der Waals surface area contributed by atoms with Gasteiger partial charge in [0.05, 0.1) is 18.4 Å². The van der Waals surface area contributed by atoms with Crippen LogP contribution < -0.4 is 4.74 Å². The van der Waals surface area contributed by atoms with Crippen LogP contribution in [0, 0.1) is 6.92 Å². The lowest BCUT2D eigenvalue weighted by atomic mass is 10.1. The van der Waals surface area contributed by atoms with Gasteiger partial charge in [0.15, 0.2) is 5.82 Å². The largest absolute Gasteiger partial charge is 0.474 e. The Kier molecular flexibility index (Phi) is 7.36. The minimum Gasteiger partial charge on any atom is -0.474 e. The summed E-state index contributed by atoms with van der Waals surface area (Å²) in [7, 11) is 1.63. The maximum Gasteiger partial charge on any atom is 0.345 e. The first-order valence-corrected chi connectivity index (χ1v) is 8.81. The third-order valence-electron chi connectivity index (χ3n) is 3.68. The van der Waals surface area contributed by atoms with Crippen LogP contribution >= 0.6 is 11.6 Å². The molecular formula is C19H23ClN2O4. The number of aromatic nitrogens is 2. The lowest BCUT2D eigenvalue weighted by Gasteiger charge is -2.17. The van der Waals surface area contributed by atoms with Crippen molar-refractivity contribution in [3.05, 3.63) is 40.5 Å². The van der Waals surface area contributed by atoms with E-state index >= 15 is 0 Å². The number of carbonyl (C=O) groups excluding carboxylic acids is 1. The van der Waals surface area contributed by atoms with E-state index in [0.29, 0.717) is 29.6 Å². The molecule has 1 atom stereocenters. The zero-order valence-electron chi connectivity index (χ0n) is 15.4. The molecule has 1 heterocycles. The van der Waals surface area contributed by atoms with Crippen molar-refractivity contribution in [3.8, 4) is 17.3 Å². The molecule has 0 N–H and O–H groups in total. The zero-order chi connectivity index (χ0) is 19.1. The Hall–Kier alpha value is -2.18. The van der Waals surface area contributed by atoms with Crippen LogP contribution in [0.1, 0.15) is 36.3 Å². The number of halogens is 1. The van der Waals surface area contributed by atoms with Gasteiger partial charge in [-0.05, 0) is 45.0 Å². The van der Waals surface area contributed by atoms with Crippen molar-refractivity contribution in [1.82, 2.24) is 9.97 Å². The van der Waals surface area contributed by atoms with Crippen LogP contribution in [0.2, 0.25) is 5.02 Å². The van der Waals surface area contributed by atoms with Crippen molar-refractivity contribution in [2.24, 2.45) is 0 Å². The fourth-order valence-corrected chi connectivity index (χ4v) is 2.46. The van der Waals surface area contributed by atoms with E-state index in [1.165, 1.54) is 0 Å². The molecule has 1 aromatic carbocycles. The van der Waals surface area contributed by atoms with Crippen LogP contribution in [0.5, 0.6) is 5.88 Å². The number of rotatable bonds is 8. The number of hydrogen-bond donors (Lipinski definition) is 0. The summed E-state index contributed by atoms with van der Waals surface area (Å²) in [5.74, 6) is 0.173. The van der Waals surface area contributed by atoms with Crippen LogP contribution in [0.4, 0.5) is 0 Å². The van der Waals surface area contributed by atoms with E-state index in [2.05, 4.69) is 9.97 Å². The van der Waals surface area contributed by atoms with Gasteiger partial charge in [0.2, 0.25) is 5.88 Å². The molecule has 0 fully saturated rings. The molecule has 0 bridgehead atoms. The predicted octanol–water partition coefficient (Wildman–Crippen LogP) is 4.09. The highest BCUT2D eigenvalue weighted by molar-refractivity contribution is 6.30. The summed E-state index contributed by atoms with van der Waals surface area (Å²) in [4.78, 5) is 21.3. The van der Waals surface area contributed by atoms with E-state index in [1.807, 2.05) is 19.1 Å². The monoisotopic (exact) mass is 378 g/mol. The van der Waals surface area contributed by atoms with Gasteiger partial charge in [-0.2, -0.15) is 4.98 Å². The summed E-state index contributed by atoms with van der Waals surface area (Å²) >= 11 is 5.94. The standard InChI is InChI=1S/C19H23ClN2O4/c1-5-25-19(23)16-13(3)21-17(14-6-8-15(20)9-7-14)22-18(16)26-12(2)10-11-24-4/h6-9,12H,5,10-11H2,1-4H3. The smallest absolute Gasteiger partial charge is 0.345 e. The van der Waals surface area contributed by atoms with Crippen molar-refractivity contribution >= 4 is 17.6 Å². The van der Waals surface area contributed by atoms with Gasteiger partial charge in [-0.1, -0.05) is 11.6 Å². The number of carbonyl (C=O) groups is 1.